The Morgan fingerprint density at radius 2 is 2.09 bits per heavy atom. The summed E-state index contributed by atoms with van der Waals surface area (Å²) < 4.78 is 0. The standard InChI is InChI=1S/C8H15N3/c1-3-9-4-2-8(1)11-6-5-10-7-11/h5-6,8-10H,1-4,7H2. The van der Waals surface area contributed by atoms with Crippen LogP contribution in [0.25, 0.3) is 0 Å². The van der Waals surface area contributed by atoms with E-state index in [2.05, 4.69) is 21.7 Å². The van der Waals surface area contributed by atoms with Gasteiger partial charge >= 0.3 is 0 Å². The molecule has 2 aliphatic heterocycles. The number of hydrogen-bond acceptors (Lipinski definition) is 3. The lowest BCUT2D eigenvalue weighted by atomic mass is 10.1. The van der Waals surface area contributed by atoms with E-state index < -0.39 is 0 Å². The van der Waals surface area contributed by atoms with Gasteiger partial charge in [0.05, 0.1) is 6.67 Å². The summed E-state index contributed by atoms with van der Waals surface area (Å²) in [4.78, 5) is 2.39. The van der Waals surface area contributed by atoms with Crippen molar-refractivity contribution in [1.82, 2.24) is 15.5 Å². The molecule has 2 N–H and O–H groups in total. The highest BCUT2D eigenvalue weighted by atomic mass is 15.3. The maximum Gasteiger partial charge on any atom is 0.0870 e. The first kappa shape index (κ1) is 6.98. The summed E-state index contributed by atoms with van der Waals surface area (Å²) in [5.74, 6) is 0. The average Bonchev–Trinajstić information content (AvgIpc) is 2.58. The molecule has 1 fully saturated rings. The molecule has 3 nitrogen and oxygen atoms in total. The fraction of sp³-hybridized carbons (Fsp3) is 0.750. The van der Waals surface area contributed by atoms with Crippen molar-refractivity contribution in [2.75, 3.05) is 19.8 Å². The summed E-state index contributed by atoms with van der Waals surface area (Å²) in [5.41, 5.74) is 0. The van der Waals surface area contributed by atoms with Gasteiger partial charge in [-0.05, 0) is 25.9 Å². The molecule has 2 heterocycles. The lowest BCUT2D eigenvalue weighted by Gasteiger charge is -2.30. The first-order valence-corrected chi connectivity index (χ1v) is 4.33. The fourth-order valence-corrected chi connectivity index (χ4v) is 1.75. The van der Waals surface area contributed by atoms with Crippen LogP contribution in [0.1, 0.15) is 12.8 Å². The van der Waals surface area contributed by atoms with Crippen molar-refractivity contribution in [3.63, 3.8) is 0 Å². The lowest BCUT2D eigenvalue weighted by molar-refractivity contribution is 0.234. The van der Waals surface area contributed by atoms with Crippen LogP contribution in [0.5, 0.6) is 0 Å². The predicted molar refractivity (Wildman–Crippen MR) is 44.9 cm³/mol. The zero-order chi connectivity index (χ0) is 7.52. The van der Waals surface area contributed by atoms with E-state index in [1.807, 2.05) is 6.20 Å². The minimum absolute atomic E-state index is 0.766. The molecule has 0 aromatic heterocycles. The molecule has 0 aromatic rings. The molecule has 0 atom stereocenters. The largest absolute Gasteiger partial charge is 0.373 e. The first-order valence-electron chi connectivity index (χ1n) is 4.33. The van der Waals surface area contributed by atoms with Gasteiger partial charge in [0, 0.05) is 18.4 Å². The average molecular weight is 153 g/mol. The van der Waals surface area contributed by atoms with E-state index >= 15 is 0 Å². The van der Waals surface area contributed by atoms with Crippen molar-refractivity contribution < 1.29 is 0 Å². The molecule has 2 aliphatic rings. The number of piperidine rings is 1. The van der Waals surface area contributed by atoms with Crippen molar-refractivity contribution in [3.8, 4) is 0 Å². The van der Waals surface area contributed by atoms with Crippen LogP contribution in [0.15, 0.2) is 12.4 Å². The van der Waals surface area contributed by atoms with Crippen molar-refractivity contribution in [2.45, 2.75) is 18.9 Å². The number of rotatable bonds is 1. The fourth-order valence-electron chi connectivity index (χ4n) is 1.75. The van der Waals surface area contributed by atoms with E-state index in [4.69, 9.17) is 0 Å². The van der Waals surface area contributed by atoms with Crippen molar-refractivity contribution in [2.24, 2.45) is 0 Å². The Morgan fingerprint density at radius 3 is 2.73 bits per heavy atom. The SMILES string of the molecule is C1=CN(C2CCNCC2)CN1. The zero-order valence-corrected chi connectivity index (χ0v) is 6.71. The molecule has 0 unspecified atom stereocenters. The normalized spacial score (nSPS) is 25.6. The van der Waals surface area contributed by atoms with Crippen molar-refractivity contribution >= 4 is 0 Å². The van der Waals surface area contributed by atoms with E-state index in [1.54, 1.807) is 0 Å². The van der Waals surface area contributed by atoms with Crippen LogP contribution >= 0.6 is 0 Å². The number of hydrogen-bond donors (Lipinski definition) is 2. The molecular weight excluding hydrogens is 138 g/mol. The predicted octanol–water partition coefficient (Wildman–Crippen LogP) is 0.0723. The molecule has 2 rings (SSSR count). The van der Waals surface area contributed by atoms with E-state index in [9.17, 15) is 0 Å². The summed E-state index contributed by atoms with van der Waals surface area (Å²) in [6.45, 7) is 3.36. The Bertz CT molecular complexity index is 149. The van der Waals surface area contributed by atoms with Crippen LogP contribution in [0, 0.1) is 0 Å². The summed E-state index contributed by atoms with van der Waals surface area (Å²) in [6, 6.07) is 0.766. The second kappa shape index (κ2) is 3.13. The van der Waals surface area contributed by atoms with Gasteiger partial charge in [0.15, 0.2) is 0 Å². The molecule has 11 heavy (non-hydrogen) atoms. The first-order chi connectivity index (χ1) is 5.47. The highest BCUT2D eigenvalue weighted by Gasteiger charge is 2.18. The Morgan fingerprint density at radius 1 is 1.27 bits per heavy atom. The third-order valence-corrected chi connectivity index (χ3v) is 2.44. The van der Waals surface area contributed by atoms with Crippen LogP contribution in [0.2, 0.25) is 0 Å². The zero-order valence-electron chi connectivity index (χ0n) is 6.71. The van der Waals surface area contributed by atoms with Crippen LogP contribution in [0.3, 0.4) is 0 Å². The molecule has 3 heteroatoms. The van der Waals surface area contributed by atoms with Gasteiger partial charge < -0.3 is 15.5 Å². The lowest BCUT2D eigenvalue weighted by Crippen LogP contribution is -2.41. The quantitative estimate of drug-likeness (QED) is 0.558. The minimum Gasteiger partial charge on any atom is -0.373 e. The monoisotopic (exact) mass is 153 g/mol. The molecule has 62 valence electrons. The molecule has 0 amide bonds. The van der Waals surface area contributed by atoms with Crippen molar-refractivity contribution in [1.29, 1.82) is 0 Å². The van der Waals surface area contributed by atoms with Gasteiger partial charge in [0.1, 0.15) is 0 Å². The van der Waals surface area contributed by atoms with Crippen LogP contribution in [-0.4, -0.2) is 30.7 Å². The molecule has 1 saturated heterocycles. The van der Waals surface area contributed by atoms with Gasteiger partial charge in [0.2, 0.25) is 0 Å². The summed E-state index contributed by atoms with van der Waals surface area (Å²) in [6.07, 6.45) is 6.76. The van der Waals surface area contributed by atoms with E-state index in [0.717, 1.165) is 12.7 Å². The van der Waals surface area contributed by atoms with Gasteiger partial charge in [-0.1, -0.05) is 0 Å². The van der Waals surface area contributed by atoms with Crippen LogP contribution < -0.4 is 10.6 Å². The Kier molecular flexibility index (Phi) is 1.99. The molecule has 0 radical (unpaired) electrons. The number of nitrogens with zero attached hydrogens (tertiary/aromatic N) is 1. The van der Waals surface area contributed by atoms with Crippen molar-refractivity contribution in [3.05, 3.63) is 12.4 Å². The van der Waals surface area contributed by atoms with Crippen LogP contribution in [-0.2, 0) is 0 Å². The Labute approximate surface area is 67.5 Å². The van der Waals surface area contributed by atoms with Crippen LogP contribution in [0.4, 0.5) is 0 Å². The molecule has 0 aliphatic carbocycles. The highest BCUT2D eigenvalue weighted by Crippen LogP contribution is 2.12. The molecule has 0 aromatic carbocycles. The Hall–Kier alpha value is -0.700. The topological polar surface area (TPSA) is 27.3 Å². The van der Waals surface area contributed by atoms with Gasteiger partial charge in [-0.2, -0.15) is 0 Å². The smallest absolute Gasteiger partial charge is 0.0870 e. The van der Waals surface area contributed by atoms with E-state index in [1.165, 1.54) is 25.9 Å². The second-order valence-corrected chi connectivity index (χ2v) is 3.17. The summed E-state index contributed by atoms with van der Waals surface area (Å²) in [7, 11) is 0. The van der Waals surface area contributed by atoms with Gasteiger partial charge in [-0.25, -0.2) is 0 Å². The van der Waals surface area contributed by atoms with Gasteiger partial charge in [-0.15, -0.1) is 0 Å². The third kappa shape index (κ3) is 1.48. The summed E-state index contributed by atoms with van der Waals surface area (Å²) in [5, 5.41) is 6.56. The molecule has 0 saturated carbocycles. The molecular formula is C8H15N3. The maximum atomic E-state index is 3.37. The molecule has 0 spiro atoms. The molecule has 0 bridgehead atoms. The number of nitrogens with one attached hydrogen (secondary N) is 2. The van der Waals surface area contributed by atoms with Gasteiger partial charge in [0.25, 0.3) is 0 Å². The third-order valence-electron chi connectivity index (χ3n) is 2.44. The van der Waals surface area contributed by atoms with E-state index in [0.29, 0.717) is 0 Å². The second-order valence-electron chi connectivity index (χ2n) is 3.17. The Balaban J connectivity index is 1.87. The highest BCUT2D eigenvalue weighted by molar-refractivity contribution is 4.92. The van der Waals surface area contributed by atoms with Gasteiger partial charge in [-0.3, -0.25) is 0 Å². The minimum atomic E-state index is 0.766. The van der Waals surface area contributed by atoms with E-state index in [-0.39, 0.29) is 0 Å². The summed E-state index contributed by atoms with van der Waals surface area (Å²) >= 11 is 0. The maximum absolute atomic E-state index is 3.37.